The number of aromatic amines is 1. The molecule has 7 nitrogen and oxygen atoms in total. The summed E-state index contributed by atoms with van der Waals surface area (Å²) in [6.07, 6.45) is 3.42. The minimum atomic E-state index is -0.306. The standard InChI is InChI=1S/C26H24FN3O4/c1-32-22-12-16(13-23(33-2)26(22)34-3)8-11-25(31)28-18-9-10-20-21(15-18)30-24(29-20)14-17-6-4-5-7-19(17)27/h4-13,15H,14H2,1-3H3,(H,28,31)(H,29,30)/b11-8+. The van der Waals surface area contributed by atoms with Crippen molar-refractivity contribution in [3.8, 4) is 17.2 Å². The third-order valence-corrected chi connectivity index (χ3v) is 5.23. The van der Waals surface area contributed by atoms with Crippen molar-refractivity contribution in [2.24, 2.45) is 0 Å². The maximum atomic E-state index is 13.9. The zero-order valence-electron chi connectivity index (χ0n) is 19.0. The molecule has 174 valence electrons. The topological polar surface area (TPSA) is 85.5 Å². The molecular formula is C26H24FN3O4. The Morgan fingerprint density at radius 3 is 2.44 bits per heavy atom. The number of imidazole rings is 1. The number of benzene rings is 3. The molecule has 1 aromatic heterocycles. The maximum absolute atomic E-state index is 13.9. The Balaban J connectivity index is 1.48. The van der Waals surface area contributed by atoms with Crippen LogP contribution in [0.2, 0.25) is 0 Å². The first-order chi connectivity index (χ1) is 16.5. The van der Waals surface area contributed by atoms with Gasteiger partial charge < -0.3 is 24.5 Å². The molecule has 0 aliphatic carbocycles. The summed E-state index contributed by atoms with van der Waals surface area (Å²) in [5, 5.41) is 2.83. The molecule has 8 heteroatoms. The summed E-state index contributed by atoms with van der Waals surface area (Å²) in [7, 11) is 4.60. The van der Waals surface area contributed by atoms with Crippen molar-refractivity contribution in [1.82, 2.24) is 9.97 Å². The van der Waals surface area contributed by atoms with Gasteiger partial charge in [0.2, 0.25) is 11.7 Å². The van der Waals surface area contributed by atoms with E-state index in [4.69, 9.17) is 14.2 Å². The van der Waals surface area contributed by atoms with Crippen molar-refractivity contribution in [1.29, 1.82) is 0 Å². The number of H-pyrrole nitrogens is 1. The highest BCUT2D eigenvalue weighted by atomic mass is 19.1. The van der Waals surface area contributed by atoms with Crippen LogP contribution in [0.3, 0.4) is 0 Å². The molecule has 4 rings (SSSR count). The van der Waals surface area contributed by atoms with E-state index >= 15 is 0 Å². The average Bonchev–Trinajstić information content (AvgIpc) is 3.25. The fourth-order valence-corrected chi connectivity index (χ4v) is 3.60. The van der Waals surface area contributed by atoms with E-state index in [1.165, 1.54) is 33.5 Å². The van der Waals surface area contributed by atoms with E-state index in [0.29, 0.717) is 46.3 Å². The minimum Gasteiger partial charge on any atom is -0.493 e. The molecule has 2 N–H and O–H groups in total. The molecule has 0 atom stereocenters. The number of nitrogens with one attached hydrogen (secondary N) is 2. The first-order valence-corrected chi connectivity index (χ1v) is 10.5. The number of anilines is 1. The first-order valence-electron chi connectivity index (χ1n) is 10.5. The Labute approximate surface area is 196 Å². The summed E-state index contributed by atoms with van der Waals surface area (Å²) >= 11 is 0. The molecule has 34 heavy (non-hydrogen) atoms. The number of carbonyl (C=O) groups is 1. The van der Waals surface area contributed by atoms with Gasteiger partial charge in [0.25, 0.3) is 0 Å². The van der Waals surface area contributed by atoms with E-state index in [1.54, 1.807) is 54.6 Å². The number of ether oxygens (including phenoxy) is 3. The lowest BCUT2D eigenvalue weighted by Gasteiger charge is -2.12. The molecule has 4 aromatic rings. The molecule has 0 radical (unpaired) electrons. The van der Waals surface area contributed by atoms with E-state index in [9.17, 15) is 9.18 Å². The van der Waals surface area contributed by atoms with Gasteiger partial charge in [-0.05, 0) is 53.6 Å². The van der Waals surface area contributed by atoms with Crippen LogP contribution in [0.5, 0.6) is 17.2 Å². The van der Waals surface area contributed by atoms with E-state index in [2.05, 4.69) is 15.3 Å². The molecule has 0 unspecified atom stereocenters. The Morgan fingerprint density at radius 1 is 1.03 bits per heavy atom. The van der Waals surface area contributed by atoms with Crippen LogP contribution in [0.4, 0.5) is 10.1 Å². The molecule has 1 heterocycles. The van der Waals surface area contributed by atoms with Crippen LogP contribution in [0.25, 0.3) is 17.1 Å². The van der Waals surface area contributed by atoms with Gasteiger partial charge in [-0.3, -0.25) is 4.79 Å². The van der Waals surface area contributed by atoms with Gasteiger partial charge in [-0.2, -0.15) is 0 Å². The second kappa shape index (κ2) is 10.1. The van der Waals surface area contributed by atoms with Crippen LogP contribution in [0.15, 0.2) is 60.7 Å². The summed E-state index contributed by atoms with van der Waals surface area (Å²) in [6.45, 7) is 0. The Bertz CT molecular complexity index is 1340. The molecular weight excluding hydrogens is 437 g/mol. The van der Waals surface area contributed by atoms with Crippen molar-refractivity contribution < 1.29 is 23.4 Å². The highest BCUT2D eigenvalue weighted by molar-refractivity contribution is 6.02. The van der Waals surface area contributed by atoms with Crippen LogP contribution in [0.1, 0.15) is 17.0 Å². The lowest BCUT2D eigenvalue weighted by Crippen LogP contribution is -2.07. The zero-order valence-corrected chi connectivity index (χ0v) is 19.0. The third kappa shape index (κ3) is 5.01. The SMILES string of the molecule is COc1cc(/C=C/C(=O)Nc2ccc3nc(Cc4ccccc4F)[nH]c3c2)cc(OC)c1OC. The lowest BCUT2D eigenvalue weighted by molar-refractivity contribution is -0.111. The lowest BCUT2D eigenvalue weighted by atomic mass is 10.1. The Hall–Kier alpha value is -4.33. The van der Waals surface area contributed by atoms with Crippen molar-refractivity contribution in [2.75, 3.05) is 26.6 Å². The largest absolute Gasteiger partial charge is 0.493 e. The van der Waals surface area contributed by atoms with E-state index in [0.717, 1.165) is 11.0 Å². The summed E-state index contributed by atoms with van der Waals surface area (Å²) in [6, 6.07) is 15.5. The van der Waals surface area contributed by atoms with E-state index in [1.807, 2.05) is 0 Å². The number of carbonyl (C=O) groups excluding carboxylic acids is 1. The number of amides is 1. The van der Waals surface area contributed by atoms with Gasteiger partial charge in [-0.25, -0.2) is 9.37 Å². The van der Waals surface area contributed by atoms with Gasteiger partial charge in [0.05, 0.1) is 32.4 Å². The number of rotatable bonds is 8. The molecule has 3 aromatic carbocycles. The van der Waals surface area contributed by atoms with Gasteiger partial charge in [-0.1, -0.05) is 18.2 Å². The zero-order chi connectivity index (χ0) is 24.1. The van der Waals surface area contributed by atoms with Crippen LogP contribution in [-0.4, -0.2) is 37.2 Å². The molecule has 1 amide bonds. The van der Waals surface area contributed by atoms with Gasteiger partial charge in [0, 0.05) is 18.2 Å². The van der Waals surface area contributed by atoms with Crippen LogP contribution in [-0.2, 0) is 11.2 Å². The van der Waals surface area contributed by atoms with Gasteiger partial charge in [0.15, 0.2) is 11.5 Å². The van der Waals surface area contributed by atoms with Gasteiger partial charge >= 0.3 is 0 Å². The van der Waals surface area contributed by atoms with Crippen molar-refractivity contribution in [2.45, 2.75) is 6.42 Å². The van der Waals surface area contributed by atoms with Gasteiger partial charge in [0.1, 0.15) is 11.6 Å². The number of hydrogen-bond acceptors (Lipinski definition) is 5. The molecule has 0 fully saturated rings. The van der Waals surface area contributed by atoms with Crippen molar-refractivity contribution in [3.63, 3.8) is 0 Å². The highest BCUT2D eigenvalue weighted by Crippen LogP contribution is 2.38. The molecule has 0 aliphatic heterocycles. The molecule has 0 spiro atoms. The predicted molar refractivity (Wildman–Crippen MR) is 129 cm³/mol. The highest BCUT2D eigenvalue weighted by Gasteiger charge is 2.12. The quantitative estimate of drug-likeness (QED) is 0.362. The monoisotopic (exact) mass is 461 g/mol. The fourth-order valence-electron chi connectivity index (χ4n) is 3.60. The number of halogens is 1. The van der Waals surface area contributed by atoms with Crippen LogP contribution < -0.4 is 19.5 Å². The molecule has 0 saturated heterocycles. The van der Waals surface area contributed by atoms with Crippen LogP contribution >= 0.6 is 0 Å². The number of hydrogen-bond donors (Lipinski definition) is 2. The average molecular weight is 461 g/mol. The summed E-state index contributed by atoms with van der Waals surface area (Å²) in [5.41, 5.74) is 3.36. The summed E-state index contributed by atoms with van der Waals surface area (Å²) in [4.78, 5) is 20.2. The third-order valence-electron chi connectivity index (χ3n) is 5.23. The second-order valence-corrected chi connectivity index (χ2v) is 7.46. The minimum absolute atomic E-state index is 0.269. The van der Waals surface area contributed by atoms with Crippen molar-refractivity contribution in [3.05, 3.63) is 83.4 Å². The number of fused-ring (bicyclic) bond motifs is 1. The molecule has 0 aliphatic rings. The number of methoxy groups -OCH3 is 3. The molecule has 0 saturated carbocycles. The summed E-state index contributed by atoms with van der Waals surface area (Å²) in [5.74, 6) is 1.55. The van der Waals surface area contributed by atoms with E-state index < -0.39 is 0 Å². The molecule has 0 bridgehead atoms. The number of nitrogens with zero attached hydrogens (tertiary/aromatic N) is 1. The fraction of sp³-hybridized carbons (Fsp3) is 0.154. The second-order valence-electron chi connectivity index (χ2n) is 7.46. The van der Waals surface area contributed by atoms with Crippen LogP contribution in [0, 0.1) is 5.82 Å². The normalized spacial score (nSPS) is 11.1. The summed E-state index contributed by atoms with van der Waals surface area (Å²) < 4.78 is 29.9. The van der Waals surface area contributed by atoms with E-state index in [-0.39, 0.29) is 11.7 Å². The Morgan fingerprint density at radius 2 is 1.76 bits per heavy atom. The first kappa shape index (κ1) is 22.8. The van der Waals surface area contributed by atoms with Crippen molar-refractivity contribution >= 4 is 28.7 Å². The van der Waals surface area contributed by atoms with Gasteiger partial charge in [-0.15, -0.1) is 0 Å². The predicted octanol–water partition coefficient (Wildman–Crippen LogP) is 4.97. The Kier molecular flexibility index (Phi) is 6.77. The smallest absolute Gasteiger partial charge is 0.248 e. The maximum Gasteiger partial charge on any atom is 0.248 e. The number of aromatic nitrogens is 2.